The Bertz CT molecular complexity index is 1550. The van der Waals surface area contributed by atoms with Gasteiger partial charge in [0.05, 0.1) is 40.9 Å². The SMILES string of the molecule is O=C(Nc1ccc(F)c(C(F)(F)F)c1)Nc1ncc(-c2cc(OC(=O)NCCN3CCOCC3)c3cn[nH]c3n2)s1. The Morgan fingerprint density at radius 3 is 2.73 bits per heavy atom. The average molecular weight is 595 g/mol. The molecule has 0 saturated carbocycles. The fourth-order valence-corrected chi connectivity index (χ4v) is 4.69. The smallest absolute Gasteiger partial charge is 0.409 e. The third kappa shape index (κ3) is 7.05. The summed E-state index contributed by atoms with van der Waals surface area (Å²) in [6.07, 6.45) is -2.70. The van der Waals surface area contributed by atoms with Crippen molar-refractivity contribution in [2.45, 2.75) is 6.18 Å². The average Bonchev–Trinajstić information content (AvgIpc) is 3.59. The second kappa shape index (κ2) is 12.0. The molecule has 4 heterocycles. The van der Waals surface area contributed by atoms with Crippen LogP contribution in [-0.2, 0) is 10.9 Å². The summed E-state index contributed by atoms with van der Waals surface area (Å²) in [5, 5.41) is 14.6. The Balaban J connectivity index is 1.23. The molecule has 0 atom stereocenters. The minimum absolute atomic E-state index is 0.102. The van der Waals surface area contributed by atoms with Crippen LogP contribution in [0.4, 0.5) is 38.0 Å². The van der Waals surface area contributed by atoms with Gasteiger partial charge >= 0.3 is 18.3 Å². The molecule has 1 fully saturated rings. The van der Waals surface area contributed by atoms with Crippen molar-refractivity contribution < 1.29 is 36.6 Å². The number of halogens is 4. The molecule has 1 saturated heterocycles. The molecular weight excluding hydrogens is 572 g/mol. The largest absolute Gasteiger partial charge is 0.419 e. The Hall–Kier alpha value is -4.35. The number of nitrogens with zero attached hydrogens (tertiary/aromatic N) is 4. The number of amides is 3. The maximum Gasteiger partial charge on any atom is 0.419 e. The molecule has 0 aliphatic carbocycles. The number of carbonyl (C=O) groups is 2. The topological polar surface area (TPSA) is 146 Å². The Morgan fingerprint density at radius 2 is 1.95 bits per heavy atom. The number of aromatic nitrogens is 4. The van der Waals surface area contributed by atoms with Crippen molar-refractivity contribution in [1.82, 2.24) is 30.4 Å². The highest BCUT2D eigenvalue weighted by Crippen LogP contribution is 2.34. The van der Waals surface area contributed by atoms with Crippen molar-refractivity contribution in [3.05, 3.63) is 48.0 Å². The molecule has 4 N–H and O–H groups in total. The van der Waals surface area contributed by atoms with Gasteiger partial charge in [-0.05, 0) is 18.2 Å². The van der Waals surface area contributed by atoms with Crippen LogP contribution in [0.25, 0.3) is 21.6 Å². The molecule has 12 nitrogen and oxygen atoms in total. The third-order valence-electron chi connectivity index (χ3n) is 5.90. The Labute approximate surface area is 233 Å². The van der Waals surface area contributed by atoms with E-state index in [1.807, 2.05) is 0 Å². The molecule has 41 heavy (non-hydrogen) atoms. The number of H-pyrrole nitrogens is 1. The number of nitrogens with one attached hydrogen (secondary N) is 4. The van der Waals surface area contributed by atoms with Gasteiger partial charge in [-0.3, -0.25) is 15.3 Å². The number of rotatable bonds is 7. The van der Waals surface area contributed by atoms with Crippen LogP contribution in [0, 0.1) is 5.82 Å². The highest BCUT2D eigenvalue weighted by Gasteiger charge is 2.34. The lowest BCUT2D eigenvalue weighted by Gasteiger charge is -2.26. The Morgan fingerprint density at radius 1 is 1.15 bits per heavy atom. The van der Waals surface area contributed by atoms with E-state index in [0.717, 1.165) is 30.5 Å². The normalized spacial score (nSPS) is 14.1. The van der Waals surface area contributed by atoms with Gasteiger partial charge in [-0.2, -0.15) is 18.3 Å². The number of hydrogen-bond acceptors (Lipinski definition) is 9. The van der Waals surface area contributed by atoms with Crippen LogP contribution in [0.2, 0.25) is 0 Å². The minimum atomic E-state index is -4.92. The van der Waals surface area contributed by atoms with Gasteiger partial charge in [0.2, 0.25) is 0 Å². The van der Waals surface area contributed by atoms with Crippen molar-refractivity contribution in [3.8, 4) is 16.3 Å². The zero-order valence-corrected chi connectivity index (χ0v) is 21.9. The number of alkyl halides is 3. The van der Waals surface area contributed by atoms with Crippen LogP contribution >= 0.6 is 11.3 Å². The van der Waals surface area contributed by atoms with E-state index in [4.69, 9.17) is 9.47 Å². The maximum absolute atomic E-state index is 13.5. The van der Waals surface area contributed by atoms with Crippen LogP contribution in [0.3, 0.4) is 0 Å². The molecule has 1 aliphatic heterocycles. The molecule has 17 heteroatoms. The number of ether oxygens (including phenoxy) is 2. The second-order valence-electron chi connectivity index (χ2n) is 8.71. The van der Waals surface area contributed by atoms with Gasteiger partial charge in [-0.15, -0.1) is 0 Å². The lowest BCUT2D eigenvalue weighted by atomic mass is 10.2. The number of benzene rings is 1. The first kappa shape index (κ1) is 28.2. The van der Waals surface area contributed by atoms with Crippen molar-refractivity contribution in [3.63, 3.8) is 0 Å². The van der Waals surface area contributed by atoms with Crippen LogP contribution in [0.5, 0.6) is 5.75 Å². The molecule has 3 aromatic heterocycles. The van der Waals surface area contributed by atoms with Crippen LogP contribution < -0.4 is 20.7 Å². The summed E-state index contributed by atoms with van der Waals surface area (Å²) in [5.41, 5.74) is -1.06. The summed E-state index contributed by atoms with van der Waals surface area (Å²) in [4.78, 5) is 36.0. The zero-order valence-electron chi connectivity index (χ0n) is 21.0. The van der Waals surface area contributed by atoms with E-state index in [1.54, 1.807) is 0 Å². The molecule has 0 spiro atoms. The molecule has 0 unspecified atom stereocenters. The minimum Gasteiger partial charge on any atom is -0.409 e. The van der Waals surface area contributed by atoms with Crippen LogP contribution in [-0.4, -0.2) is 76.6 Å². The number of thiazole rings is 1. The van der Waals surface area contributed by atoms with E-state index in [2.05, 4.69) is 41.0 Å². The van der Waals surface area contributed by atoms with Gasteiger partial charge in [0, 0.05) is 44.1 Å². The summed E-state index contributed by atoms with van der Waals surface area (Å²) < 4.78 is 63.2. The van der Waals surface area contributed by atoms with E-state index < -0.39 is 29.7 Å². The molecule has 5 rings (SSSR count). The Kier molecular flexibility index (Phi) is 8.27. The van der Waals surface area contributed by atoms with Crippen LogP contribution in [0.1, 0.15) is 5.56 Å². The van der Waals surface area contributed by atoms with Gasteiger partial charge in [0.15, 0.2) is 10.8 Å². The molecule has 216 valence electrons. The molecule has 1 aliphatic rings. The van der Waals surface area contributed by atoms with Crippen LogP contribution in [0.15, 0.2) is 36.7 Å². The number of aromatic amines is 1. The molecular formula is C24H22F4N8O4S. The van der Waals surface area contributed by atoms with Crippen molar-refractivity contribution >= 4 is 45.3 Å². The number of pyridine rings is 1. The van der Waals surface area contributed by atoms with E-state index >= 15 is 0 Å². The van der Waals surface area contributed by atoms with E-state index in [-0.39, 0.29) is 16.6 Å². The fourth-order valence-electron chi connectivity index (χ4n) is 3.92. The quantitative estimate of drug-likeness (QED) is 0.232. The van der Waals surface area contributed by atoms with Crippen molar-refractivity contribution in [2.24, 2.45) is 0 Å². The van der Waals surface area contributed by atoms with Crippen molar-refractivity contribution in [1.29, 1.82) is 0 Å². The zero-order chi connectivity index (χ0) is 29.0. The first-order valence-electron chi connectivity index (χ1n) is 12.2. The first-order valence-corrected chi connectivity index (χ1v) is 13.0. The van der Waals surface area contributed by atoms with Gasteiger partial charge < -0.3 is 20.1 Å². The number of fused-ring (bicyclic) bond motifs is 1. The number of carbonyl (C=O) groups excluding carboxylic acids is 2. The summed E-state index contributed by atoms with van der Waals surface area (Å²) >= 11 is 1.01. The highest BCUT2D eigenvalue weighted by molar-refractivity contribution is 7.19. The third-order valence-corrected chi connectivity index (χ3v) is 6.83. The molecule has 4 aromatic rings. The highest BCUT2D eigenvalue weighted by atomic mass is 32.1. The van der Waals surface area contributed by atoms with E-state index in [0.29, 0.717) is 60.0 Å². The summed E-state index contributed by atoms with van der Waals surface area (Å²) in [6, 6.07) is 2.74. The predicted molar refractivity (Wildman–Crippen MR) is 140 cm³/mol. The van der Waals surface area contributed by atoms with Gasteiger partial charge in [0.1, 0.15) is 11.6 Å². The van der Waals surface area contributed by atoms with Gasteiger partial charge in [-0.1, -0.05) is 11.3 Å². The maximum atomic E-state index is 13.5. The number of urea groups is 1. The molecule has 1 aromatic carbocycles. The molecule has 3 amide bonds. The number of anilines is 2. The first-order chi connectivity index (χ1) is 19.7. The van der Waals surface area contributed by atoms with Gasteiger partial charge in [-0.25, -0.2) is 23.9 Å². The molecule has 0 bridgehead atoms. The molecule has 0 radical (unpaired) electrons. The number of hydrogen-bond donors (Lipinski definition) is 4. The lowest BCUT2D eigenvalue weighted by Crippen LogP contribution is -2.41. The summed E-state index contributed by atoms with van der Waals surface area (Å²) in [7, 11) is 0. The second-order valence-corrected chi connectivity index (χ2v) is 9.74. The number of morpholine rings is 1. The van der Waals surface area contributed by atoms with Gasteiger partial charge in [0.25, 0.3) is 0 Å². The monoisotopic (exact) mass is 594 g/mol. The van der Waals surface area contributed by atoms with E-state index in [9.17, 15) is 27.2 Å². The standard InChI is InChI=1S/C24H22F4N8O4S/c25-16-2-1-13(9-15(16)24(26,27)28)32-21(37)34-22-30-12-19(41-22)17-10-18(14-11-31-35-20(14)33-17)40-23(38)29-3-4-36-5-7-39-8-6-36/h1-2,9-12H,3-8H2,(H,29,38)(H,31,33,35)(H2,30,32,34,37). The summed E-state index contributed by atoms with van der Waals surface area (Å²) in [6.45, 7) is 3.92. The fraction of sp³-hybridized carbons (Fsp3) is 0.292. The predicted octanol–water partition coefficient (Wildman–Crippen LogP) is 4.30. The van der Waals surface area contributed by atoms with E-state index in [1.165, 1.54) is 18.5 Å². The van der Waals surface area contributed by atoms with Crippen molar-refractivity contribution in [2.75, 3.05) is 50.0 Å². The lowest BCUT2D eigenvalue weighted by molar-refractivity contribution is -0.139. The summed E-state index contributed by atoms with van der Waals surface area (Å²) in [5.74, 6) is -1.26.